The van der Waals surface area contributed by atoms with Gasteiger partial charge in [0.1, 0.15) is 5.75 Å². The van der Waals surface area contributed by atoms with Gasteiger partial charge in [-0.15, -0.1) is 0 Å². The molecule has 9 heteroatoms. The van der Waals surface area contributed by atoms with Gasteiger partial charge in [0.25, 0.3) is 0 Å². The Hall–Kier alpha value is -1.87. The number of phenolic OH excluding ortho intramolecular Hbond substituents is 1. The Balaban J connectivity index is 1.55. The third kappa shape index (κ3) is 6.18. The minimum Gasteiger partial charge on any atom is -0.508 e. The van der Waals surface area contributed by atoms with Crippen molar-refractivity contribution in [2.45, 2.75) is 49.7 Å². The third-order valence-electron chi connectivity index (χ3n) is 6.33. The standard InChI is InChI=1S/C24H32ClN5O2S/c1-16-11-17(2)27-24(26-16)33-20-13-21(23(32)29-8-4-7-28(3)9-10-29)30(15-20)14-18-12-19(25)5-6-22(18)31/h5-6,11-12,20-21,31H,4,7-10,13-15H2,1-3H3/t20-,21+/m1/s1. The lowest BCUT2D eigenvalue weighted by Crippen LogP contribution is -2.46. The summed E-state index contributed by atoms with van der Waals surface area (Å²) in [7, 11) is 2.11. The Kier molecular flexibility index (Phi) is 7.79. The van der Waals surface area contributed by atoms with Crippen LogP contribution in [0.1, 0.15) is 29.8 Å². The number of aryl methyl sites for hydroxylation is 2. The van der Waals surface area contributed by atoms with E-state index in [4.69, 9.17) is 11.6 Å². The van der Waals surface area contributed by atoms with Gasteiger partial charge in [-0.1, -0.05) is 23.4 Å². The molecule has 0 spiro atoms. The van der Waals surface area contributed by atoms with Gasteiger partial charge in [-0.05, 0) is 64.5 Å². The molecule has 2 saturated heterocycles. The zero-order valence-corrected chi connectivity index (χ0v) is 21.1. The fourth-order valence-electron chi connectivity index (χ4n) is 4.65. The molecule has 4 rings (SSSR count). The number of rotatable bonds is 5. The second-order valence-corrected chi connectivity index (χ2v) is 10.8. The number of hydrogen-bond donors (Lipinski definition) is 1. The van der Waals surface area contributed by atoms with E-state index in [9.17, 15) is 9.90 Å². The molecule has 178 valence electrons. The zero-order chi connectivity index (χ0) is 23.5. The monoisotopic (exact) mass is 489 g/mol. The number of likely N-dealkylation sites (tertiary alicyclic amines) is 1. The van der Waals surface area contributed by atoms with Gasteiger partial charge in [0.15, 0.2) is 5.16 Å². The fourth-order valence-corrected chi connectivity index (χ4v) is 6.08. The van der Waals surface area contributed by atoms with E-state index >= 15 is 0 Å². The van der Waals surface area contributed by atoms with Crippen LogP contribution < -0.4 is 0 Å². The van der Waals surface area contributed by atoms with Crippen LogP contribution in [-0.2, 0) is 11.3 Å². The smallest absolute Gasteiger partial charge is 0.240 e. The summed E-state index contributed by atoms with van der Waals surface area (Å²) >= 11 is 7.83. The predicted molar refractivity (Wildman–Crippen MR) is 132 cm³/mol. The van der Waals surface area contributed by atoms with E-state index in [1.165, 1.54) is 0 Å². The maximum Gasteiger partial charge on any atom is 0.240 e. The van der Waals surface area contributed by atoms with Crippen LogP contribution in [0.5, 0.6) is 5.75 Å². The molecule has 0 unspecified atom stereocenters. The highest BCUT2D eigenvalue weighted by Crippen LogP contribution is 2.35. The van der Waals surface area contributed by atoms with Gasteiger partial charge in [-0.25, -0.2) is 9.97 Å². The summed E-state index contributed by atoms with van der Waals surface area (Å²) < 4.78 is 0. The number of aromatic hydroxyl groups is 1. The Morgan fingerprint density at radius 3 is 2.67 bits per heavy atom. The molecule has 2 aliphatic rings. The molecule has 2 aliphatic heterocycles. The fraction of sp³-hybridized carbons (Fsp3) is 0.542. The topological polar surface area (TPSA) is 72.8 Å². The summed E-state index contributed by atoms with van der Waals surface area (Å²) in [4.78, 5) is 29.3. The molecule has 1 aromatic carbocycles. The summed E-state index contributed by atoms with van der Waals surface area (Å²) in [5.74, 6) is 0.381. The van der Waals surface area contributed by atoms with E-state index in [-0.39, 0.29) is 22.9 Å². The van der Waals surface area contributed by atoms with Gasteiger partial charge in [-0.2, -0.15) is 0 Å². The third-order valence-corrected chi connectivity index (χ3v) is 7.63. The first-order valence-corrected chi connectivity index (χ1v) is 12.7. The van der Waals surface area contributed by atoms with E-state index in [1.54, 1.807) is 30.0 Å². The van der Waals surface area contributed by atoms with E-state index < -0.39 is 0 Å². The molecule has 0 aliphatic carbocycles. The molecule has 33 heavy (non-hydrogen) atoms. The lowest BCUT2D eigenvalue weighted by molar-refractivity contribution is -0.136. The number of carbonyl (C=O) groups excluding carboxylic acids is 1. The predicted octanol–water partition coefficient (Wildman–Crippen LogP) is 3.35. The maximum absolute atomic E-state index is 13.7. The highest BCUT2D eigenvalue weighted by molar-refractivity contribution is 7.99. The molecule has 1 N–H and O–H groups in total. The number of halogens is 1. The number of likely N-dealkylation sites (N-methyl/N-ethyl adjacent to an activating group) is 1. The largest absolute Gasteiger partial charge is 0.508 e. The lowest BCUT2D eigenvalue weighted by atomic mass is 10.1. The number of benzene rings is 1. The van der Waals surface area contributed by atoms with Crippen LogP contribution in [-0.4, -0.2) is 86.7 Å². The van der Waals surface area contributed by atoms with Crippen LogP contribution in [0.25, 0.3) is 0 Å². The van der Waals surface area contributed by atoms with E-state index in [1.807, 2.05) is 24.8 Å². The molecule has 2 fully saturated rings. The van der Waals surface area contributed by atoms with Crippen LogP contribution in [0.4, 0.5) is 0 Å². The number of thioether (sulfide) groups is 1. The van der Waals surface area contributed by atoms with Crippen LogP contribution >= 0.6 is 23.4 Å². The van der Waals surface area contributed by atoms with E-state index in [2.05, 4.69) is 26.8 Å². The van der Waals surface area contributed by atoms with Crippen LogP contribution in [0.2, 0.25) is 5.02 Å². The SMILES string of the molecule is Cc1cc(C)nc(S[C@@H]2C[C@@H](C(=O)N3CCCN(C)CC3)N(Cc3cc(Cl)ccc3O)C2)n1. The molecule has 7 nitrogen and oxygen atoms in total. The molecular weight excluding hydrogens is 458 g/mol. The first kappa shape index (κ1) is 24.3. The van der Waals surface area contributed by atoms with Gasteiger partial charge in [-0.3, -0.25) is 9.69 Å². The van der Waals surface area contributed by atoms with Crippen molar-refractivity contribution in [3.05, 3.63) is 46.2 Å². The van der Waals surface area contributed by atoms with Crippen molar-refractivity contribution in [1.29, 1.82) is 0 Å². The number of hydrogen-bond acceptors (Lipinski definition) is 7. The second-order valence-electron chi connectivity index (χ2n) is 9.11. The number of amides is 1. The maximum atomic E-state index is 13.7. The van der Waals surface area contributed by atoms with Crippen molar-refractivity contribution < 1.29 is 9.90 Å². The molecule has 0 saturated carbocycles. The normalized spacial score (nSPS) is 22.5. The molecule has 1 aromatic heterocycles. The Morgan fingerprint density at radius 1 is 1.15 bits per heavy atom. The van der Waals surface area contributed by atoms with Crippen molar-refractivity contribution in [2.75, 3.05) is 39.8 Å². The zero-order valence-electron chi connectivity index (χ0n) is 19.5. The Labute approximate surface area is 205 Å². The van der Waals surface area contributed by atoms with Crippen molar-refractivity contribution in [1.82, 2.24) is 24.7 Å². The van der Waals surface area contributed by atoms with Crippen LogP contribution in [0, 0.1) is 13.8 Å². The first-order valence-electron chi connectivity index (χ1n) is 11.5. The van der Waals surface area contributed by atoms with Crippen molar-refractivity contribution in [3.63, 3.8) is 0 Å². The molecule has 0 radical (unpaired) electrons. The summed E-state index contributed by atoms with van der Waals surface area (Å²) in [5.41, 5.74) is 2.64. The molecule has 2 atom stereocenters. The Bertz CT molecular complexity index is 987. The highest BCUT2D eigenvalue weighted by Gasteiger charge is 2.40. The second kappa shape index (κ2) is 10.6. The Morgan fingerprint density at radius 2 is 1.91 bits per heavy atom. The van der Waals surface area contributed by atoms with Crippen molar-refractivity contribution in [3.8, 4) is 5.75 Å². The van der Waals surface area contributed by atoms with E-state index in [0.29, 0.717) is 11.6 Å². The summed E-state index contributed by atoms with van der Waals surface area (Å²) in [6.07, 6.45) is 1.71. The van der Waals surface area contributed by atoms with Crippen LogP contribution in [0.3, 0.4) is 0 Å². The number of nitrogens with zero attached hydrogens (tertiary/aromatic N) is 5. The quantitative estimate of drug-likeness (QED) is 0.645. The van der Waals surface area contributed by atoms with Crippen LogP contribution in [0.15, 0.2) is 29.4 Å². The molecule has 2 aromatic rings. The minimum absolute atomic E-state index is 0.177. The molecule has 3 heterocycles. The first-order chi connectivity index (χ1) is 15.8. The van der Waals surface area contributed by atoms with Gasteiger partial charge in [0.05, 0.1) is 6.04 Å². The minimum atomic E-state index is -0.241. The van der Waals surface area contributed by atoms with Gasteiger partial charge >= 0.3 is 0 Å². The summed E-state index contributed by atoms with van der Waals surface area (Å²) in [6, 6.07) is 6.81. The molecular formula is C24H32ClN5O2S. The average Bonchev–Trinajstić information content (AvgIpc) is 3.00. The number of carbonyl (C=O) groups is 1. The molecule has 1 amide bonds. The highest BCUT2D eigenvalue weighted by atomic mass is 35.5. The van der Waals surface area contributed by atoms with Crippen molar-refractivity contribution in [2.24, 2.45) is 0 Å². The summed E-state index contributed by atoms with van der Waals surface area (Å²) in [6.45, 7) is 8.58. The number of aromatic nitrogens is 2. The van der Waals surface area contributed by atoms with Gasteiger partial charge in [0, 0.05) is 59.9 Å². The van der Waals surface area contributed by atoms with Gasteiger partial charge in [0.2, 0.25) is 5.91 Å². The van der Waals surface area contributed by atoms with Gasteiger partial charge < -0.3 is 14.9 Å². The number of phenols is 1. The lowest BCUT2D eigenvalue weighted by Gasteiger charge is -2.29. The average molecular weight is 490 g/mol. The van der Waals surface area contributed by atoms with Crippen molar-refractivity contribution >= 4 is 29.3 Å². The summed E-state index contributed by atoms with van der Waals surface area (Å²) in [5, 5.41) is 11.9. The molecule has 0 bridgehead atoms. The van der Waals surface area contributed by atoms with E-state index in [0.717, 1.165) is 67.7 Å².